The Kier molecular flexibility index (Phi) is 19.9. The number of rotatable bonds is 25. The summed E-state index contributed by atoms with van der Waals surface area (Å²) in [5, 5.41) is 30.3. The van der Waals surface area contributed by atoms with E-state index in [1.54, 1.807) is 42.5 Å². The van der Waals surface area contributed by atoms with Crippen LogP contribution in [-0.2, 0) is 36.8 Å². The lowest BCUT2D eigenvalue weighted by molar-refractivity contribution is -0.142. The van der Waals surface area contributed by atoms with Gasteiger partial charge in [0.2, 0.25) is 23.6 Å². The molecule has 292 valence electrons. The number of carboxylic acids is 1. The third-order valence-electron chi connectivity index (χ3n) is 8.37. The second kappa shape index (κ2) is 24.1. The molecule has 53 heavy (non-hydrogen) atoms. The van der Waals surface area contributed by atoms with Crippen molar-refractivity contribution in [3.8, 4) is 5.75 Å². The van der Waals surface area contributed by atoms with Gasteiger partial charge in [-0.2, -0.15) is 0 Å². The van der Waals surface area contributed by atoms with E-state index in [9.17, 15) is 34.2 Å². The molecule has 2 aromatic carbocycles. The smallest absolute Gasteiger partial charge is 0.326 e. The highest BCUT2D eigenvalue weighted by Crippen LogP contribution is 2.13. The number of carbonyl (C=O) groups is 5. The van der Waals surface area contributed by atoms with Gasteiger partial charge in [-0.05, 0) is 81.3 Å². The van der Waals surface area contributed by atoms with Gasteiger partial charge in [0, 0.05) is 19.4 Å². The van der Waals surface area contributed by atoms with Gasteiger partial charge in [0.25, 0.3) is 0 Å². The van der Waals surface area contributed by atoms with Gasteiger partial charge in [0.1, 0.15) is 29.9 Å². The predicted molar refractivity (Wildman–Crippen MR) is 201 cm³/mol. The number of aromatic hydroxyl groups is 1. The Hall–Kier alpha value is -5.26. The molecule has 4 amide bonds. The highest BCUT2D eigenvalue weighted by molar-refractivity contribution is 5.95. The van der Waals surface area contributed by atoms with E-state index in [2.05, 4.69) is 26.3 Å². The van der Waals surface area contributed by atoms with Crippen molar-refractivity contribution in [2.75, 3.05) is 19.6 Å². The Balaban J connectivity index is 2.37. The van der Waals surface area contributed by atoms with Crippen LogP contribution in [0.1, 0.15) is 62.5 Å². The first-order chi connectivity index (χ1) is 25.3. The van der Waals surface area contributed by atoms with E-state index in [4.69, 9.17) is 28.7 Å². The summed E-state index contributed by atoms with van der Waals surface area (Å²) in [6.07, 6.45) is 3.21. The lowest BCUT2D eigenvalue weighted by Crippen LogP contribution is -2.59. The van der Waals surface area contributed by atoms with E-state index in [-0.39, 0.29) is 50.4 Å². The SMILES string of the molecule is NCCCC[C@H](NC(=O)[C@@H](N)CCCCN)C(=O)N[C@@H](Cc1ccc(O)cc1)C(=O)N[C@@H](Cc1ccccc1)C(=O)N[C@@H](CCCN=C(N)N)C(=O)O. The van der Waals surface area contributed by atoms with Gasteiger partial charge in [-0.15, -0.1) is 0 Å². The summed E-state index contributed by atoms with van der Waals surface area (Å²) < 4.78 is 0. The zero-order valence-electron chi connectivity index (χ0n) is 30.0. The number of benzene rings is 2. The summed E-state index contributed by atoms with van der Waals surface area (Å²) in [7, 11) is 0. The third kappa shape index (κ3) is 17.2. The van der Waals surface area contributed by atoms with Crippen LogP contribution >= 0.6 is 0 Å². The van der Waals surface area contributed by atoms with E-state index >= 15 is 0 Å². The average molecular weight is 741 g/mol. The minimum atomic E-state index is -1.31. The van der Waals surface area contributed by atoms with Gasteiger partial charge in [-0.1, -0.05) is 48.9 Å². The maximum Gasteiger partial charge on any atom is 0.326 e. The number of aliphatic imine (C=N–C) groups is 1. The van der Waals surface area contributed by atoms with E-state index in [0.29, 0.717) is 56.3 Å². The van der Waals surface area contributed by atoms with Gasteiger partial charge in [-0.3, -0.25) is 24.2 Å². The number of carboxylic acid groups (broad SMARTS) is 1. The molecule has 0 unspecified atom stereocenters. The second-order valence-corrected chi connectivity index (χ2v) is 12.8. The van der Waals surface area contributed by atoms with Gasteiger partial charge >= 0.3 is 5.97 Å². The Bertz CT molecular complexity index is 1470. The van der Waals surface area contributed by atoms with Crippen molar-refractivity contribution in [2.24, 2.45) is 33.7 Å². The molecule has 0 aliphatic carbocycles. The van der Waals surface area contributed by atoms with Gasteiger partial charge in [0.15, 0.2) is 5.96 Å². The van der Waals surface area contributed by atoms with E-state index in [1.807, 2.05) is 0 Å². The fourth-order valence-electron chi connectivity index (χ4n) is 5.39. The number of unbranched alkanes of at least 4 members (excludes halogenated alkanes) is 2. The molecule has 16 N–H and O–H groups in total. The number of phenols is 1. The normalized spacial score (nSPS) is 13.7. The van der Waals surface area contributed by atoms with E-state index in [1.165, 1.54) is 12.1 Å². The largest absolute Gasteiger partial charge is 0.508 e. The summed E-state index contributed by atoms with van der Waals surface area (Å²) >= 11 is 0. The van der Waals surface area contributed by atoms with Crippen LogP contribution in [0.5, 0.6) is 5.75 Å². The highest BCUT2D eigenvalue weighted by Gasteiger charge is 2.32. The summed E-state index contributed by atoms with van der Waals surface area (Å²) in [5.41, 5.74) is 29.3. The third-order valence-corrected chi connectivity index (χ3v) is 8.37. The number of phenolic OH excluding ortho intramolecular Hbond substituents is 1. The lowest BCUT2D eigenvalue weighted by atomic mass is 10.0. The summed E-state index contributed by atoms with van der Waals surface area (Å²) in [5.74, 6) is -4.12. The number of aliphatic carboxylic acids is 1. The van der Waals surface area contributed by atoms with E-state index in [0.717, 1.165) is 0 Å². The lowest BCUT2D eigenvalue weighted by Gasteiger charge is -2.27. The van der Waals surface area contributed by atoms with Crippen LogP contribution in [0.25, 0.3) is 0 Å². The second-order valence-electron chi connectivity index (χ2n) is 12.8. The topological polar surface area (TPSA) is 316 Å². The molecule has 0 radical (unpaired) electrons. The Morgan fingerprint density at radius 3 is 1.60 bits per heavy atom. The van der Waals surface area contributed by atoms with E-state index < -0.39 is 59.8 Å². The fraction of sp³-hybridized carbons (Fsp3) is 0.500. The summed E-state index contributed by atoms with van der Waals surface area (Å²) in [4.78, 5) is 70.4. The Labute approximate surface area is 309 Å². The monoisotopic (exact) mass is 740 g/mol. The molecular formula is C36H56N10O7. The molecule has 2 rings (SSSR count). The number of guanidine groups is 1. The minimum Gasteiger partial charge on any atom is -0.508 e. The predicted octanol–water partition coefficient (Wildman–Crippen LogP) is -1.16. The molecule has 0 heterocycles. The van der Waals surface area contributed by atoms with Crippen molar-refractivity contribution in [2.45, 2.75) is 94.4 Å². The summed E-state index contributed by atoms with van der Waals surface area (Å²) in [6.45, 7) is 0.979. The first kappa shape index (κ1) is 43.9. The van der Waals surface area contributed by atoms with Gasteiger partial charge in [0.05, 0.1) is 6.04 Å². The van der Waals surface area contributed by atoms with Crippen molar-refractivity contribution in [3.05, 3.63) is 65.7 Å². The van der Waals surface area contributed by atoms with Crippen LogP contribution in [0.3, 0.4) is 0 Å². The molecule has 17 nitrogen and oxygen atoms in total. The van der Waals surface area contributed by atoms with Crippen molar-refractivity contribution in [1.29, 1.82) is 0 Å². The van der Waals surface area contributed by atoms with Crippen molar-refractivity contribution in [3.63, 3.8) is 0 Å². The van der Waals surface area contributed by atoms with Gasteiger partial charge < -0.3 is 60.1 Å². The molecule has 0 bridgehead atoms. The number of hydrogen-bond donors (Lipinski definition) is 11. The van der Waals surface area contributed by atoms with Crippen LogP contribution in [-0.4, -0.2) is 95.6 Å². The Morgan fingerprint density at radius 2 is 1.08 bits per heavy atom. The van der Waals surface area contributed by atoms with Crippen molar-refractivity contribution in [1.82, 2.24) is 21.3 Å². The number of hydrogen-bond acceptors (Lipinski definition) is 10. The number of nitrogens with two attached hydrogens (primary N) is 5. The number of nitrogens with one attached hydrogen (secondary N) is 4. The fourth-order valence-corrected chi connectivity index (χ4v) is 5.39. The molecule has 2 aromatic rings. The molecule has 0 aliphatic rings. The van der Waals surface area contributed by atoms with Crippen molar-refractivity contribution < 1.29 is 34.2 Å². The maximum absolute atomic E-state index is 14.1. The zero-order chi connectivity index (χ0) is 39.2. The molecule has 17 heteroatoms. The molecule has 0 fully saturated rings. The maximum atomic E-state index is 14.1. The summed E-state index contributed by atoms with van der Waals surface area (Å²) in [6, 6.07) is 9.07. The molecule has 0 aromatic heterocycles. The Morgan fingerprint density at radius 1 is 0.604 bits per heavy atom. The van der Waals surface area contributed by atoms with Crippen LogP contribution in [0.2, 0.25) is 0 Å². The molecule has 5 atom stereocenters. The standard InChI is InChI=1S/C36H56N10O7/c37-18-6-4-11-26(39)31(48)43-27(12-5-7-19-38)32(49)45-30(22-24-14-16-25(47)17-15-24)34(51)46-29(21-23-9-2-1-3-10-23)33(50)44-28(35(52)53)13-8-20-42-36(40)41/h1-3,9-10,14-17,26-30,47H,4-8,11-13,18-22,37-39H2,(H,43,48)(H,44,50)(H,45,49)(H,46,51)(H,52,53)(H4,40,41,42)/t26-,27-,28-,29-,30-/m0/s1. The molecular weight excluding hydrogens is 684 g/mol. The van der Waals surface area contributed by atoms with Crippen LogP contribution in [0.15, 0.2) is 59.6 Å². The average Bonchev–Trinajstić information content (AvgIpc) is 3.12. The zero-order valence-corrected chi connectivity index (χ0v) is 30.0. The van der Waals surface area contributed by atoms with Crippen LogP contribution in [0, 0.1) is 0 Å². The minimum absolute atomic E-state index is 0.00154. The highest BCUT2D eigenvalue weighted by atomic mass is 16.4. The molecule has 0 spiro atoms. The van der Waals surface area contributed by atoms with Gasteiger partial charge in [-0.25, -0.2) is 4.79 Å². The van der Waals surface area contributed by atoms with Crippen LogP contribution in [0.4, 0.5) is 0 Å². The van der Waals surface area contributed by atoms with Crippen LogP contribution < -0.4 is 49.9 Å². The number of amides is 4. The first-order valence-electron chi connectivity index (χ1n) is 17.8. The molecule has 0 saturated carbocycles. The molecule has 0 aliphatic heterocycles. The number of carbonyl (C=O) groups excluding carboxylic acids is 4. The molecule has 0 saturated heterocycles. The van der Waals surface area contributed by atoms with Crippen molar-refractivity contribution >= 4 is 35.6 Å². The number of nitrogens with zero attached hydrogens (tertiary/aromatic N) is 1. The first-order valence-corrected chi connectivity index (χ1v) is 17.8. The quantitative estimate of drug-likeness (QED) is 0.0326.